The third-order valence-electron chi connectivity index (χ3n) is 5.60. The van der Waals surface area contributed by atoms with Gasteiger partial charge in [0.1, 0.15) is 0 Å². The Balaban J connectivity index is 1.52. The molecule has 1 aliphatic rings. The molecule has 0 fully saturated rings. The monoisotopic (exact) mass is 470 g/mol. The fourth-order valence-electron chi connectivity index (χ4n) is 4.04. The number of anilines is 1. The van der Waals surface area contributed by atoms with Crippen LogP contribution in [0.15, 0.2) is 89.4 Å². The Kier molecular flexibility index (Phi) is 5.04. The zero-order valence-electron chi connectivity index (χ0n) is 16.6. The van der Waals surface area contributed by atoms with Crippen molar-refractivity contribution >= 4 is 44.2 Å². The number of benzene rings is 4. The normalized spacial score (nSPS) is 13.0. The van der Waals surface area contributed by atoms with Crippen LogP contribution in [0.3, 0.4) is 0 Å². The molecule has 4 aromatic carbocycles. The molecule has 0 bridgehead atoms. The van der Waals surface area contributed by atoms with E-state index in [1.54, 1.807) is 6.07 Å². The lowest BCUT2D eigenvalue weighted by molar-refractivity contribution is 0.0598. The van der Waals surface area contributed by atoms with Gasteiger partial charge in [0.15, 0.2) is 0 Å². The second-order valence-corrected chi connectivity index (χ2v) is 8.37. The summed E-state index contributed by atoms with van der Waals surface area (Å²) in [6.45, 7) is 0.887. The van der Waals surface area contributed by atoms with Crippen molar-refractivity contribution < 1.29 is 9.59 Å². The number of rotatable bonds is 5. The van der Waals surface area contributed by atoms with E-state index in [1.807, 2.05) is 72.8 Å². The minimum absolute atomic E-state index is 0.255. The van der Waals surface area contributed by atoms with E-state index in [1.165, 1.54) is 4.90 Å². The van der Waals surface area contributed by atoms with Crippen LogP contribution < -0.4 is 5.32 Å². The zero-order chi connectivity index (χ0) is 21.4. The molecule has 0 aliphatic carbocycles. The predicted octanol–water partition coefficient (Wildman–Crippen LogP) is 6.01. The van der Waals surface area contributed by atoms with E-state index in [-0.39, 0.29) is 18.4 Å². The molecular formula is C26H19BrN2O2. The average Bonchev–Trinajstić information content (AvgIpc) is 2.80. The van der Waals surface area contributed by atoms with Gasteiger partial charge in [-0.15, -0.1) is 0 Å². The number of imide groups is 1. The largest absolute Gasteiger partial charge is 0.380 e. The van der Waals surface area contributed by atoms with Gasteiger partial charge in [-0.3, -0.25) is 14.5 Å². The molecule has 1 aliphatic heterocycles. The van der Waals surface area contributed by atoms with Gasteiger partial charge in [-0.2, -0.15) is 0 Å². The molecule has 4 nitrogen and oxygen atoms in total. The Morgan fingerprint density at radius 1 is 0.742 bits per heavy atom. The fourth-order valence-corrected chi connectivity index (χ4v) is 4.47. The number of carbonyl (C=O) groups is 2. The molecule has 5 heteroatoms. The molecule has 0 aromatic heterocycles. The molecule has 31 heavy (non-hydrogen) atoms. The van der Waals surface area contributed by atoms with Gasteiger partial charge >= 0.3 is 0 Å². The molecule has 0 saturated carbocycles. The average molecular weight is 471 g/mol. The van der Waals surface area contributed by atoms with Crippen molar-refractivity contribution in [3.8, 4) is 0 Å². The fraction of sp³-hybridized carbons (Fsp3) is 0.0769. The van der Waals surface area contributed by atoms with E-state index in [0.717, 1.165) is 32.1 Å². The molecule has 1 heterocycles. The van der Waals surface area contributed by atoms with Crippen molar-refractivity contribution in [3.05, 3.63) is 112 Å². The summed E-state index contributed by atoms with van der Waals surface area (Å²) in [5.74, 6) is -0.509. The van der Waals surface area contributed by atoms with Crippen LogP contribution in [0.1, 0.15) is 31.8 Å². The Labute approximate surface area is 188 Å². The molecule has 2 amide bonds. The third kappa shape index (κ3) is 3.51. The Hall–Kier alpha value is -3.44. The maximum atomic E-state index is 13.2. The summed E-state index contributed by atoms with van der Waals surface area (Å²) in [6.07, 6.45) is 0. The number of nitrogens with one attached hydrogen (secondary N) is 1. The highest BCUT2D eigenvalue weighted by Gasteiger charge is 2.33. The second kappa shape index (κ2) is 8.00. The molecule has 0 spiro atoms. The van der Waals surface area contributed by atoms with Gasteiger partial charge in [0.25, 0.3) is 11.8 Å². The molecule has 0 saturated heterocycles. The number of nitrogens with zero attached hydrogens (tertiary/aromatic N) is 1. The van der Waals surface area contributed by atoms with E-state index >= 15 is 0 Å². The van der Waals surface area contributed by atoms with Gasteiger partial charge in [0.2, 0.25) is 0 Å². The highest BCUT2D eigenvalue weighted by Crippen LogP contribution is 2.35. The molecule has 152 valence electrons. The molecule has 0 atom stereocenters. The highest BCUT2D eigenvalue weighted by molar-refractivity contribution is 9.10. The van der Waals surface area contributed by atoms with Crippen LogP contribution in [-0.2, 0) is 13.1 Å². The number of hydrogen-bond acceptors (Lipinski definition) is 3. The van der Waals surface area contributed by atoms with Crippen molar-refractivity contribution in [3.63, 3.8) is 0 Å². The van der Waals surface area contributed by atoms with E-state index in [0.29, 0.717) is 17.7 Å². The van der Waals surface area contributed by atoms with Crippen LogP contribution in [0.25, 0.3) is 10.8 Å². The number of hydrogen-bond donors (Lipinski definition) is 1. The quantitative estimate of drug-likeness (QED) is 0.363. The summed E-state index contributed by atoms with van der Waals surface area (Å²) in [7, 11) is 0. The van der Waals surface area contributed by atoms with Gasteiger partial charge in [0, 0.05) is 38.6 Å². The summed E-state index contributed by atoms with van der Waals surface area (Å²) in [5, 5.41) is 5.06. The predicted molar refractivity (Wildman–Crippen MR) is 126 cm³/mol. The maximum Gasteiger partial charge on any atom is 0.261 e. The lowest BCUT2D eigenvalue weighted by atomic mass is 9.92. The Morgan fingerprint density at radius 2 is 1.45 bits per heavy atom. The molecular weight excluding hydrogens is 452 g/mol. The van der Waals surface area contributed by atoms with Crippen LogP contribution in [0.4, 0.5) is 5.69 Å². The van der Waals surface area contributed by atoms with Gasteiger partial charge in [-0.1, -0.05) is 76.6 Å². The van der Waals surface area contributed by atoms with Crippen molar-refractivity contribution in [2.24, 2.45) is 0 Å². The number of amides is 2. The van der Waals surface area contributed by atoms with Gasteiger partial charge in [0.05, 0.1) is 6.54 Å². The maximum absolute atomic E-state index is 13.2. The van der Waals surface area contributed by atoms with Crippen molar-refractivity contribution in [1.82, 2.24) is 4.90 Å². The Bertz CT molecular complexity index is 1300. The summed E-state index contributed by atoms with van der Waals surface area (Å²) in [5.41, 5.74) is 4.07. The van der Waals surface area contributed by atoms with E-state index in [9.17, 15) is 9.59 Å². The van der Waals surface area contributed by atoms with Crippen molar-refractivity contribution in [1.29, 1.82) is 0 Å². The van der Waals surface area contributed by atoms with Gasteiger partial charge < -0.3 is 5.32 Å². The first-order valence-corrected chi connectivity index (χ1v) is 10.9. The number of carbonyl (C=O) groups excluding carboxylic acids is 2. The zero-order valence-corrected chi connectivity index (χ0v) is 18.2. The molecule has 1 N–H and O–H groups in total. The van der Waals surface area contributed by atoms with E-state index in [4.69, 9.17) is 0 Å². The van der Waals surface area contributed by atoms with Crippen LogP contribution in [0.5, 0.6) is 0 Å². The van der Waals surface area contributed by atoms with E-state index < -0.39 is 0 Å². The minimum Gasteiger partial charge on any atom is -0.380 e. The molecule has 4 aromatic rings. The highest BCUT2D eigenvalue weighted by atomic mass is 79.9. The van der Waals surface area contributed by atoms with E-state index in [2.05, 4.69) is 27.3 Å². The topological polar surface area (TPSA) is 49.4 Å². The van der Waals surface area contributed by atoms with Crippen molar-refractivity contribution in [2.75, 3.05) is 5.32 Å². The first-order chi connectivity index (χ1) is 15.1. The Morgan fingerprint density at radius 3 is 2.23 bits per heavy atom. The van der Waals surface area contributed by atoms with Crippen LogP contribution >= 0.6 is 15.9 Å². The second-order valence-electron chi connectivity index (χ2n) is 7.52. The van der Waals surface area contributed by atoms with Crippen LogP contribution in [0.2, 0.25) is 0 Å². The summed E-state index contributed by atoms with van der Waals surface area (Å²) in [6, 6.07) is 27.0. The third-order valence-corrected chi connectivity index (χ3v) is 6.38. The summed E-state index contributed by atoms with van der Waals surface area (Å²) in [4.78, 5) is 27.8. The standard InChI is InChI=1S/C26H19BrN2O2/c27-22-12-5-4-9-18(22)15-28-23-14-13-21-24-19(23)10-6-11-20(24)25(30)29(26(21)31)16-17-7-2-1-3-8-17/h1-14,28H,15-16H2. The van der Waals surface area contributed by atoms with Crippen molar-refractivity contribution in [2.45, 2.75) is 13.1 Å². The lowest BCUT2D eigenvalue weighted by Crippen LogP contribution is -2.39. The molecule has 0 unspecified atom stereocenters. The molecule has 5 rings (SSSR count). The SMILES string of the molecule is O=C1c2cccc3c(NCc4ccccc4Br)ccc(c23)C(=O)N1Cc1ccccc1. The van der Waals surface area contributed by atoms with Gasteiger partial charge in [-0.05, 0) is 35.4 Å². The summed E-state index contributed by atoms with van der Waals surface area (Å²) < 4.78 is 1.03. The van der Waals surface area contributed by atoms with Crippen LogP contribution in [-0.4, -0.2) is 16.7 Å². The van der Waals surface area contributed by atoms with Crippen LogP contribution in [0, 0.1) is 0 Å². The minimum atomic E-state index is -0.255. The number of halogens is 1. The van der Waals surface area contributed by atoms with Gasteiger partial charge in [-0.25, -0.2) is 0 Å². The first-order valence-electron chi connectivity index (χ1n) is 10.1. The lowest BCUT2D eigenvalue weighted by Gasteiger charge is -2.28. The smallest absolute Gasteiger partial charge is 0.261 e. The first kappa shape index (κ1) is 19.5. The summed E-state index contributed by atoms with van der Waals surface area (Å²) >= 11 is 3.58. The molecule has 0 radical (unpaired) electrons.